The Morgan fingerprint density at radius 3 is 2.84 bits per heavy atom. The average Bonchev–Trinajstić information content (AvgIpc) is 2.43. The fourth-order valence-corrected chi connectivity index (χ4v) is 1.87. The van der Waals surface area contributed by atoms with Gasteiger partial charge in [0.2, 0.25) is 0 Å². The second-order valence-corrected chi connectivity index (χ2v) is 4.47. The third kappa shape index (κ3) is 5.87. The van der Waals surface area contributed by atoms with Crippen molar-refractivity contribution in [1.82, 2.24) is 4.98 Å². The van der Waals surface area contributed by atoms with Crippen LogP contribution >= 0.6 is 0 Å². The standard InChI is InChI=1S/C14H19N3O2/c1-2-11(3-6-14(18)19)7-8-16-13-5-4-12(9-15)17-10-13/h4-5,10-11,16H,2-3,6-8H2,1H3,(H,18,19). The Morgan fingerprint density at radius 2 is 2.32 bits per heavy atom. The van der Waals surface area contributed by atoms with E-state index in [9.17, 15) is 4.79 Å². The summed E-state index contributed by atoms with van der Waals surface area (Å²) in [5.41, 5.74) is 1.28. The van der Waals surface area contributed by atoms with Gasteiger partial charge < -0.3 is 10.4 Å². The minimum Gasteiger partial charge on any atom is -0.481 e. The Morgan fingerprint density at radius 1 is 1.53 bits per heavy atom. The number of rotatable bonds is 8. The number of carboxylic acid groups (broad SMARTS) is 1. The van der Waals surface area contributed by atoms with Gasteiger partial charge in [-0.05, 0) is 30.9 Å². The quantitative estimate of drug-likeness (QED) is 0.751. The molecule has 1 unspecified atom stereocenters. The van der Waals surface area contributed by atoms with Crippen molar-refractivity contribution >= 4 is 11.7 Å². The highest BCUT2D eigenvalue weighted by Gasteiger charge is 2.08. The molecule has 2 N–H and O–H groups in total. The average molecular weight is 261 g/mol. The molecule has 0 bridgehead atoms. The maximum absolute atomic E-state index is 10.5. The lowest BCUT2D eigenvalue weighted by Crippen LogP contribution is -2.10. The summed E-state index contributed by atoms with van der Waals surface area (Å²) in [7, 11) is 0. The molecule has 0 saturated heterocycles. The number of hydrogen-bond acceptors (Lipinski definition) is 4. The first-order valence-electron chi connectivity index (χ1n) is 6.47. The van der Waals surface area contributed by atoms with Crippen LogP contribution in [0, 0.1) is 17.2 Å². The third-order valence-electron chi connectivity index (χ3n) is 3.10. The highest BCUT2D eigenvalue weighted by molar-refractivity contribution is 5.66. The number of pyridine rings is 1. The molecule has 1 atom stereocenters. The third-order valence-corrected chi connectivity index (χ3v) is 3.10. The lowest BCUT2D eigenvalue weighted by Gasteiger charge is -2.14. The van der Waals surface area contributed by atoms with Crippen LogP contribution in [0.5, 0.6) is 0 Å². The van der Waals surface area contributed by atoms with Crippen molar-refractivity contribution in [2.24, 2.45) is 5.92 Å². The molecule has 0 radical (unpaired) electrons. The highest BCUT2D eigenvalue weighted by Crippen LogP contribution is 2.16. The molecule has 19 heavy (non-hydrogen) atoms. The topological polar surface area (TPSA) is 86.0 Å². The SMILES string of the molecule is CCC(CCNc1ccc(C#N)nc1)CCC(=O)O. The van der Waals surface area contributed by atoms with Gasteiger partial charge in [-0.3, -0.25) is 4.79 Å². The number of carboxylic acids is 1. The Hall–Kier alpha value is -2.09. The molecule has 1 aromatic rings. The van der Waals surface area contributed by atoms with E-state index >= 15 is 0 Å². The lowest BCUT2D eigenvalue weighted by molar-refractivity contribution is -0.137. The Balaban J connectivity index is 2.31. The van der Waals surface area contributed by atoms with Gasteiger partial charge in [-0.15, -0.1) is 0 Å². The monoisotopic (exact) mass is 261 g/mol. The van der Waals surface area contributed by atoms with Crippen LogP contribution in [0.1, 0.15) is 38.3 Å². The Kier molecular flexibility index (Phi) is 6.37. The predicted molar refractivity (Wildman–Crippen MR) is 72.7 cm³/mol. The smallest absolute Gasteiger partial charge is 0.303 e. The summed E-state index contributed by atoms with van der Waals surface area (Å²) in [5.74, 6) is -0.308. The van der Waals surface area contributed by atoms with E-state index in [2.05, 4.69) is 17.2 Å². The number of anilines is 1. The van der Waals surface area contributed by atoms with Crippen LogP contribution in [0.4, 0.5) is 5.69 Å². The maximum atomic E-state index is 10.5. The summed E-state index contributed by atoms with van der Waals surface area (Å²) in [5, 5.41) is 20.5. The van der Waals surface area contributed by atoms with E-state index in [0.717, 1.165) is 31.5 Å². The first-order valence-corrected chi connectivity index (χ1v) is 6.47. The highest BCUT2D eigenvalue weighted by atomic mass is 16.4. The van der Waals surface area contributed by atoms with E-state index in [4.69, 9.17) is 10.4 Å². The second kappa shape index (κ2) is 8.09. The molecule has 0 fully saturated rings. The number of aromatic nitrogens is 1. The van der Waals surface area contributed by atoms with Crippen LogP contribution in [0.2, 0.25) is 0 Å². The molecule has 0 aromatic carbocycles. The Labute approximate surface area is 113 Å². The molecule has 5 nitrogen and oxygen atoms in total. The molecule has 102 valence electrons. The van der Waals surface area contributed by atoms with E-state index in [1.807, 2.05) is 12.1 Å². The van der Waals surface area contributed by atoms with Gasteiger partial charge >= 0.3 is 5.97 Å². The van der Waals surface area contributed by atoms with Gasteiger partial charge in [0.05, 0.1) is 11.9 Å². The van der Waals surface area contributed by atoms with Gasteiger partial charge in [0.15, 0.2) is 0 Å². The molecule has 0 spiro atoms. The van der Waals surface area contributed by atoms with Gasteiger partial charge in [-0.25, -0.2) is 4.98 Å². The minimum atomic E-state index is -0.734. The first-order chi connectivity index (χ1) is 9.15. The molecule has 5 heteroatoms. The van der Waals surface area contributed by atoms with E-state index in [1.165, 1.54) is 0 Å². The normalized spacial score (nSPS) is 11.6. The van der Waals surface area contributed by atoms with Gasteiger partial charge in [-0.1, -0.05) is 13.3 Å². The number of nitrogens with zero attached hydrogens (tertiary/aromatic N) is 2. The number of aliphatic carboxylic acids is 1. The van der Waals surface area contributed by atoms with Gasteiger partial charge in [-0.2, -0.15) is 5.26 Å². The van der Waals surface area contributed by atoms with E-state index in [1.54, 1.807) is 12.3 Å². The fraction of sp³-hybridized carbons (Fsp3) is 0.500. The van der Waals surface area contributed by atoms with Gasteiger partial charge in [0, 0.05) is 13.0 Å². The summed E-state index contributed by atoms with van der Waals surface area (Å²) in [4.78, 5) is 14.5. The van der Waals surface area contributed by atoms with Crippen LogP contribution in [0.25, 0.3) is 0 Å². The van der Waals surface area contributed by atoms with Gasteiger partial charge in [0.25, 0.3) is 0 Å². The number of nitriles is 1. The van der Waals surface area contributed by atoms with Crippen molar-refractivity contribution in [3.05, 3.63) is 24.0 Å². The molecule has 0 amide bonds. The van der Waals surface area contributed by atoms with E-state index in [-0.39, 0.29) is 6.42 Å². The molecular weight excluding hydrogens is 242 g/mol. The van der Waals surface area contributed by atoms with Crippen molar-refractivity contribution in [2.45, 2.75) is 32.6 Å². The van der Waals surface area contributed by atoms with Crippen molar-refractivity contribution in [1.29, 1.82) is 5.26 Å². The largest absolute Gasteiger partial charge is 0.481 e. The molecular formula is C14H19N3O2. The Bertz CT molecular complexity index is 437. The maximum Gasteiger partial charge on any atom is 0.303 e. The zero-order valence-corrected chi connectivity index (χ0v) is 11.1. The summed E-state index contributed by atoms with van der Waals surface area (Å²) >= 11 is 0. The summed E-state index contributed by atoms with van der Waals surface area (Å²) in [6, 6.07) is 5.46. The summed E-state index contributed by atoms with van der Waals surface area (Å²) < 4.78 is 0. The zero-order chi connectivity index (χ0) is 14.1. The van der Waals surface area contributed by atoms with Crippen molar-refractivity contribution < 1.29 is 9.90 Å². The lowest BCUT2D eigenvalue weighted by atomic mass is 9.96. The van der Waals surface area contributed by atoms with E-state index in [0.29, 0.717) is 11.6 Å². The summed E-state index contributed by atoms with van der Waals surface area (Å²) in [6.45, 7) is 2.86. The molecule has 0 aliphatic heterocycles. The fourth-order valence-electron chi connectivity index (χ4n) is 1.87. The number of nitrogens with one attached hydrogen (secondary N) is 1. The number of hydrogen-bond donors (Lipinski definition) is 2. The van der Waals surface area contributed by atoms with Crippen molar-refractivity contribution in [3.63, 3.8) is 0 Å². The second-order valence-electron chi connectivity index (χ2n) is 4.47. The summed E-state index contributed by atoms with van der Waals surface area (Å²) in [6.07, 6.45) is 4.51. The van der Waals surface area contributed by atoms with Crippen LogP contribution in [-0.4, -0.2) is 22.6 Å². The molecule has 0 aliphatic carbocycles. The predicted octanol–water partition coefficient (Wildman–Crippen LogP) is 2.65. The van der Waals surface area contributed by atoms with Crippen molar-refractivity contribution in [2.75, 3.05) is 11.9 Å². The molecule has 1 aromatic heterocycles. The minimum absolute atomic E-state index is 0.233. The molecule has 0 saturated carbocycles. The van der Waals surface area contributed by atoms with Crippen LogP contribution < -0.4 is 5.32 Å². The molecule has 0 aliphatic rings. The zero-order valence-electron chi connectivity index (χ0n) is 11.1. The van der Waals surface area contributed by atoms with E-state index < -0.39 is 5.97 Å². The van der Waals surface area contributed by atoms with Crippen LogP contribution in [0.15, 0.2) is 18.3 Å². The molecule has 1 heterocycles. The van der Waals surface area contributed by atoms with Gasteiger partial charge in [0.1, 0.15) is 11.8 Å². The van der Waals surface area contributed by atoms with Crippen LogP contribution in [-0.2, 0) is 4.79 Å². The first kappa shape index (κ1) is 15.0. The molecule has 1 rings (SSSR count). The number of carbonyl (C=O) groups is 1. The van der Waals surface area contributed by atoms with Crippen LogP contribution in [0.3, 0.4) is 0 Å². The van der Waals surface area contributed by atoms with Crippen molar-refractivity contribution in [3.8, 4) is 6.07 Å².